The third-order valence-corrected chi connectivity index (χ3v) is 12.6. The minimum Gasteiger partial charge on any atom is -0.309 e. The van der Waals surface area contributed by atoms with E-state index < -0.39 is 5.41 Å². The van der Waals surface area contributed by atoms with E-state index in [1.807, 2.05) is 0 Å². The van der Waals surface area contributed by atoms with Gasteiger partial charge in [-0.25, -0.2) is 0 Å². The second-order valence-electron chi connectivity index (χ2n) is 15.6. The molecule has 0 aliphatic heterocycles. The molecule has 0 fully saturated rings. The van der Waals surface area contributed by atoms with E-state index in [9.17, 15) is 5.26 Å². The van der Waals surface area contributed by atoms with Crippen LogP contribution in [0.15, 0.2) is 212 Å². The lowest BCUT2D eigenvalue weighted by atomic mass is 9.67. The summed E-state index contributed by atoms with van der Waals surface area (Å²) in [7, 11) is 0. The Morgan fingerprint density at radius 3 is 1.47 bits per heavy atom. The van der Waals surface area contributed by atoms with Crippen molar-refractivity contribution in [3.8, 4) is 39.7 Å². The molecule has 1 aliphatic carbocycles. The summed E-state index contributed by atoms with van der Waals surface area (Å²) in [4.78, 5) is 0. The quantitative estimate of drug-likeness (QED) is 0.172. The van der Waals surface area contributed by atoms with Crippen molar-refractivity contribution in [3.05, 3.63) is 240 Å². The maximum atomic E-state index is 10.8. The van der Waals surface area contributed by atoms with Crippen LogP contribution in [-0.4, -0.2) is 9.13 Å². The molecule has 0 bridgehead atoms. The number of para-hydroxylation sites is 3. The molecule has 12 rings (SSSR count). The van der Waals surface area contributed by atoms with Crippen molar-refractivity contribution in [2.45, 2.75) is 5.41 Å². The number of fused-ring (bicyclic) bond motifs is 9. The summed E-state index contributed by atoms with van der Waals surface area (Å²) in [6.07, 6.45) is 0. The molecule has 0 amide bonds. The highest BCUT2D eigenvalue weighted by Gasteiger charge is 2.46. The Balaban J connectivity index is 1.04. The third kappa shape index (κ3) is 4.69. The van der Waals surface area contributed by atoms with Crippen LogP contribution in [0.3, 0.4) is 0 Å². The predicted molar refractivity (Wildman–Crippen MR) is 243 cm³/mol. The SMILES string of the molecule is N#Cc1cc(-n2c3ccccc3c3cc4c(cc32)C(c2ccccc2)(c2ccccc2)c2ccccc2-4)ccc1-c1ccc(-n2c3ccccc3c3ccccc32)cc1. The first kappa shape index (κ1) is 33.2. The van der Waals surface area contributed by atoms with Gasteiger partial charge in [-0.3, -0.25) is 0 Å². The maximum absolute atomic E-state index is 10.8. The monoisotopic (exact) mass is 749 g/mol. The average molecular weight is 750 g/mol. The van der Waals surface area contributed by atoms with Crippen LogP contribution < -0.4 is 0 Å². The molecular formula is C56H35N3. The van der Waals surface area contributed by atoms with Crippen LogP contribution in [0.2, 0.25) is 0 Å². The lowest BCUT2D eigenvalue weighted by Crippen LogP contribution is -2.28. The highest BCUT2D eigenvalue weighted by atomic mass is 15.0. The number of nitrogens with zero attached hydrogens (tertiary/aromatic N) is 3. The van der Waals surface area contributed by atoms with Crippen LogP contribution in [-0.2, 0) is 5.41 Å². The smallest absolute Gasteiger partial charge is 0.0998 e. The van der Waals surface area contributed by atoms with Crippen molar-refractivity contribution in [2.24, 2.45) is 0 Å². The summed E-state index contributed by atoms with van der Waals surface area (Å²) in [6.45, 7) is 0. The van der Waals surface area contributed by atoms with E-state index >= 15 is 0 Å². The number of hydrogen-bond donors (Lipinski definition) is 0. The third-order valence-electron chi connectivity index (χ3n) is 12.6. The first-order chi connectivity index (χ1) is 29.2. The lowest BCUT2D eigenvalue weighted by molar-refractivity contribution is 0.769. The topological polar surface area (TPSA) is 33.6 Å². The van der Waals surface area contributed by atoms with Crippen LogP contribution in [0.5, 0.6) is 0 Å². The molecule has 0 saturated carbocycles. The van der Waals surface area contributed by atoms with Gasteiger partial charge in [0.05, 0.1) is 39.1 Å². The zero-order valence-corrected chi connectivity index (χ0v) is 32.0. The molecule has 59 heavy (non-hydrogen) atoms. The van der Waals surface area contributed by atoms with E-state index in [2.05, 4.69) is 228 Å². The van der Waals surface area contributed by atoms with Gasteiger partial charge in [-0.15, -0.1) is 0 Å². The summed E-state index contributed by atoms with van der Waals surface area (Å²) < 4.78 is 4.68. The molecular weight excluding hydrogens is 715 g/mol. The molecule has 9 aromatic carbocycles. The minimum atomic E-state index is -0.517. The van der Waals surface area contributed by atoms with Crippen molar-refractivity contribution >= 4 is 43.6 Å². The number of rotatable bonds is 5. The minimum absolute atomic E-state index is 0.517. The van der Waals surface area contributed by atoms with Crippen molar-refractivity contribution in [1.82, 2.24) is 9.13 Å². The van der Waals surface area contributed by atoms with Gasteiger partial charge in [-0.05, 0) is 99.1 Å². The average Bonchev–Trinajstić information content (AvgIpc) is 3.93. The second-order valence-corrected chi connectivity index (χ2v) is 15.6. The fourth-order valence-electron chi connectivity index (χ4n) is 10.2. The Hall–Kier alpha value is -7.93. The fourth-order valence-corrected chi connectivity index (χ4v) is 10.2. The molecule has 274 valence electrons. The molecule has 0 unspecified atom stereocenters. The second kappa shape index (κ2) is 12.8. The Labute approximate surface area is 341 Å². The van der Waals surface area contributed by atoms with Gasteiger partial charge in [0.2, 0.25) is 0 Å². The lowest BCUT2D eigenvalue weighted by Gasteiger charge is -2.34. The zero-order chi connectivity index (χ0) is 39.1. The molecule has 11 aromatic rings. The van der Waals surface area contributed by atoms with E-state index in [0.717, 1.165) is 33.5 Å². The first-order valence-corrected chi connectivity index (χ1v) is 20.2. The summed E-state index contributed by atoms with van der Waals surface area (Å²) >= 11 is 0. The number of nitriles is 1. The van der Waals surface area contributed by atoms with E-state index in [0.29, 0.717) is 5.56 Å². The molecule has 0 saturated heterocycles. The molecule has 0 atom stereocenters. The van der Waals surface area contributed by atoms with Gasteiger partial charge < -0.3 is 9.13 Å². The van der Waals surface area contributed by atoms with Crippen LogP contribution in [0.25, 0.3) is 77.2 Å². The molecule has 1 aliphatic rings. The molecule has 3 nitrogen and oxygen atoms in total. The van der Waals surface area contributed by atoms with Gasteiger partial charge >= 0.3 is 0 Å². The van der Waals surface area contributed by atoms with E-state index in [4.69, 9.17) is 0 Å². The van der Waals surface area contributed by atoms with Crippen molar-refractivity contribution < 1.29 is 0 Å². The summed E-state index contributed by atoms with van der Waals surface area (Å²) in [5.41, 5.74) is 16.2. The highest BCUT2D eigenvalue weighted by molar-refractivity contribution is 6.12. The standard InChI is InChI=1S/C56H35N3/c57-36-38-33-42(31-32-43(38)37-27-29-41(30-28-37)58-52-24-12-8-20-45(52)46-21-9-13-25-53(46)58)59-54-26-14-10-22-47(54)49-34-48-44-19-7-11-23-50(44)56(51(48)35-55(49)59,39-15-3-1-4-16-39)40-17-5-2-6-18-40/h1-35H. The van der Waals surface area contributed by atoms with Crippen LogP contribution in [0.1, 0.15) is 27.8 Å². The van der Waals surface area contributed by atoms with Gasteiger partial charge in [0.1, 0.15) is 0 Å². The van der Waals surface area contributed by atoms with Crippen molar-refractivity contribution in [3.63, 3.8) is 0 Å². The molecule has 2 aromatic heterocycles. The molecule has 0 N–H and O–H groups in total. The predicted octanol–water partition coefficient (Wildman–Crippen LogP) is 13.8. The molecule has 3 heteroatoms. The Morgan fingerprint density at radius 2 is 0.864 bits per heavy atom. The molecule has 2 heterocycles. The van der Waals surface area contributed by atoms with Crippen LogP contribution in [0, 0.1) is 11.3 Å². The van der Waals surface area contributed by atoms with Gasteiger partial charge in [0, 0.05) is 32.9 Å². The molecule has 0 spiro atoms. The largest absolute Gasteiger partial charge is 0.309 e. The van der Waals surface area contributed by atoms with Gasteiger partial charge in [0.15, 0.2) is 0 Å². The van der Waals surface area contributed by atoms with Gasteiger partial charge in [-0.2, -0.15) is 5.26 Å². The summed E-state index contributed by atoms with van der Waals surface area (Å²) in [5, 5.41) is 15.6. The summed E-state index contributed by atoms with van der Waals surface area (Å²) in [6, 6.07) is 79.0. The maximum Gasteiger partial charge on any atom is 0.0998 e. The van der Waals surface area contributed by atoms with Crippen LogP contribution in [0.4, 0.5) is 0 Å². The zero-order valence-electron chi connectivity index (χ0n) is 32.0. The number of hydrogen-bond acceptors (Lipinski definition) is 1. The first-order valence-electron chi connectivity index (χ1n) is 20.2. The highest BCUT2D eigenvalue weighted by Crippen LogP contribution is 2.57. The van der Waals surface area contributed by atoms with Crippen LogP contribution >= 0.6 is 0 Å². The number of benzene rings is 9. The fraction of sp³-hybridized carbons (Fsp3) is 0.0179. The normalized spacial score (nSPS) is 12.9. The molecule has 0 radical (unpaired) electrons. The van der Waals surface area contributed by atoms with Gasteiger partial charge in [0.25, 0.3) is 0 Å². The van der Waals surface area contributed by atoms with Crippen molar-refractivity contribution in [1.29, 1.82) is 5.26 Å². The van der Waals surface area contributed by atoms with E-state index in [1.165, 1.54) is 66.0 Å². The van der Waals surface area contributed by atoms with Crippen molar-refractivity contribution in [2.75, 3.05) is 0 Å². The Morgan fingerprint density at radius 1 is 0.356 bits per heavy atom. The van der Waals surface area contributed by atoms with E-state index in [1.54, 1.807) is 0 Å². The summed E-state index contributed by atoms with van der Waals surface area (Å²) in [5.74, 6) is 0. The van der Waals surface area contributed by atoms with E-state index in [-0.39, 0.29) is 0 Å². The number of aromatic nitrogens is 2. The Kier molecular flexibility index (Phi) is 7.21. The Bertz CT molecular complexity index is 3400. The van der Waals surface area contributed by atoms with Gasteiger partial charge in [-0.1, -0.05) is 158 Å².